The lowest BCUT2D eigenvalue weighted by Gasteiger charge is -2.13. The number of hydrogen-bond donors (Lipinski definition) is 0. The molecule has 6 heteroatoms. The maximum atomic E-state index is 11.8. The van der Waals surface area contributed by atoms with Crippen LogP contribution in [-0.2, 0) is 16.8 Å². The number of hydrogen-bond acceptors (Lipinski definition) is 5. The number of esters is 1. The van der Waals surface area contributed by atoms with E-state index >= 15 is 0 Å². The Labute approximate surface area is 121 Å². The van der Waals surface area contributed by atoms with E-state index < -0.39 is 5.97 Å². The van der Waals surface area contributed by atoms with Gasteiger partial charge in [0.2, 0.25) is 0 Å². The first kappa shape index (κ1) is 14.5. The number of nitrogens with zero attached hydrogens (tertiary/aromatic N) is 2. The van der Waals surface area contributed by atoms with E-state index in [0.717, 1.165) is 10.7 Å². The molecule has 0 bridgehead atoms. The lowest BCUT2D eigenvalue weighted by Crippen LogP contribution is -2.24. The van der Waals surface area contributed by atoms with Gasteiger partial charge in [0.25, 0.3) is 0 Å². The van der Waals surface area contributed by atoms with E-state index in [9.17, 15) is 10.0 Å². The number of carbonyl (C=O) groups is 1. The summed E-state index contributed by atoms with van der Waals surface area (Å²) in [6.07, 6.45) is 2.52. The third-order valence-corrected chi connectivity index (χ3v) is 3.90. The first-order chi connectivity index (χ1) is 9.36. The second-order valence-corrected chi connectivity index (χ2v) is 6.27. The van der Waals surface area contributed by atoms with Gasteiger partial charge in [0.1, 0.15) is 6.61 Å². The van der Waals surface area contributed by atoms with E-state index in [1.807, 2.05) is 5.38 Å². The Hall–Kier alpha value is -1.95. The quantitative estimate of drug-likeness (QED) is 0.495. The molecule has 2 aromatic heterocycles. The Kier molecular flexibility index (Phi) is 4.04. The molecule has 2 heterocycles. The first-order valence-electron chi connectivity index (χ1n) is 6.17. The molecule has 0 spiro atoms. The summed E-state index contributed by atoms with van der Waals surface area (Å²) in [6, 6.07) is 2.86. The highest BCUT2D eigenvalue weighted by molar-refractivity contribution is 7.09. The van der Waals surface area contributed by atoms with Crippen molar-refractivity contribution in [2.24, 2.45) is 0 Å². The molecule has 0 saturated carbocycles. The van der Waals surface area contributed by atoms with E-state index in [0.29, 0.717) is 10.3 Å². The highest BCUT2D eigenvalue weighted by Gasteiger charge is 2.18. The second-order valence-electron chi connectivity index (χ2n) is 5.42. The van der Waals surface area contributed by atoms with Gasteiger partial charge in [0, 0.05) is 22.9 Å². The molecule has 0 amide bonds. The molecule has 0 radical (unpaired) electrons. The second kappa shape index (κ2) is 5.58. The standard InChI is InChI=1S/C14H16N2O3S/c1-14(2,3)13-15-11(9-20-13)8-19-12(17)10-4-6-16(18)7-5-10/h4-7,9H,8H2,1-3H3. The van der Waals surface area contributed by atoms with E-state index in [2.05, 4.69) is 25.8 Å². The average molecular weight is 292 g/mol. The normalized spacial score (nSPS) is 11.3. The SMILES string of the molecule is CC(C)(C)c1nc(COC(=O)c2cc[n+]([O-])cc2)cs1. The molecule has 0 aliphatic carbocycles. The van der Waals surface area contributed by atoms with Crippen molar-refractivity contribution < 1.29 is 14.3 Å². The first-order valence-corrected chi connectivity index (χ1v) is 7.05. The summed E-state index contributed by atoms with van der Waals surface area (Å²) in [4.78, 5) is 16.2. The van der Waals surface area contributed by atoms with Crippen LogP contribution in [0.5, 0.6) is 0 Å². The van der Waals surface area contributed by atoms with Gasteiger partial charge < -0.3 is 9.94 Å². The van der Waals surface area contributed by atoms with Crippen LogP contribution in [0.3, 0.4) is 0 Å². The Bertz CT molecular complexity index is 600. The lowest BCUT2D eigenvalue weighted by atomic mass is 9.98. The maximum absolute atomic E-state index is 11.8. The van der Waals surface area contributed by atoms with Crippen LogP contribution in [0, 0.1) is 5.21 Å². The van der Waals surface area contributed by atoms with Crippen LogP contribution in [0.4, 0.5) is 0 Å². The van der Waals surface area contributed by atoms with Gasteiger partial charge in [-0.2, -0.15) is 4.73 Å². The van der Waals surface area contributed by atoms with Crippen molar-refractivity contribution in [2.75, 3.05) is 0 Å². The fourth-order valence-corrected chi connectivity index (χ4v) is 2.38. The van der Waals surface area contributed by atoms with Crippen molar-refractivity contribution >= 4 is 17.3 Å². The minimum absolute atomic E-state index is 0.00585. The molecule has 0 aromatic carbocycles. The minimum atomic E-state index is -0.462. The smallest absolute Gasteiger partial charge is 0.338 e. The Morgan fingerprint density at radius 1 is 1.40 bits per heavy atom. The van der Waals surface area contributed by atoms with Gasteiger partial charge in [-0.1, -0.05) is 20.8 Å². The van der Waals surface area contributed by atoms with Crippen LogP contribution in [0.25, 0.3) is 0 Å². The molecule has 0 aliphatic rings. The Morgan fingerprint density at radius 3 is 2.60 bits per heavy atom. The van der Waals surface area contributed by atoms with E-state index in [1.165, 1.54) is 24.5 Å². The zero-order valence-electron chi connectivity index (χ0n) is 11.6. The number of rotatable bonds is 3. The topological polar surface area (TPSA) is 66.1 Å². The number of pyridine rings is 1. The van der Waals surface area contributed by atoms with Crippen LogP contribution in [0.2, 0.25) is 0 Å². The summed E-state index contributed by atoms with van der Waals surface area (Å²) in [5.74, 6) is -0.462. The fourth-order valence-electron chi connectivity index (χ4n) is 1.49. The van der Waals surface area contributed by atoms with Crippen LogP contribution >= 0.6 is 11.3 Å². The molecular formula is C14H16N2O3S. The largest absolute Gasteiger partial charge is 0.619 e. The summed E-state index contributed by atoms with van der Waals surface area (Å²) in [6.45, 7) is 6.40. The minimum Gasteiger partial charge on any atom is -0.619 e. The van der Waals surface area contributed by atoms with E-state index in [4.69, 9.17) is 4.74 Å². The molecule has 0 atom stereocenters. The molecule has 5 nitrogen and oxygen atoms in total. The predicted octanol–water partition coefficient (Wildman–Crippen LogP) is 2.43. The number of aromatic nitrogens is 2. The monoisotopic (exact) mass is 292 g/mol. The van der Waals surface area contributed by atoms with Gasteiger partial charge in [-0.3, -0.25) is 0 Å². The van der Waals surface area contributed by atoms with Gasteiger partial charge in [0.05, 0.1) is 16.3 Å². The van der Waals surface area contributed by atoms with Crippen molar-refractivity contribution in [1.29, 1.82) is 0 Å². The van der Waals surface area contributed by atoms with Gasteiger partial charge in [-0.05, 0) is 0 Å². The van der Waals surface area contributed by atoms with Gasteiger partial charge >= 0.3 is 5.97 Å². The highest BCUT2D eigenvalue weighted by atomic mass is 32.1. The molecule has 0 aliphatic heterocycles. The molecule has 0 N–H and O–H groups in total. The molecular weight excluding hydrogens is 276 g/mol. The third kappa shape index (κ3) is 3.54. The van der Waals surface area contributed by atoms with Gasteiger partial charge in [-0.25, -0.2) is 9.78 Å². The summed E-state index contributed by atoms with van der Waals surface area (Å²) >= 11 is 1.56. The number of carbonyl (C=O) groups excluding carboxylic acids is 1. The van der Waals surface area contributed by atoms with E-state index in [-0.39, 0.29) is 12.0 Å². The maximum Gasteiger partial charge on any atom is 0.338 e. The van der Waals surface area contributed by atoms with Gasteiger partial charge in [-0.15, -0.1) is 11.3 Å². The van der Waals surface area contributed by atoms with Crippen molar-refractivity contribution in [1.82, 2.24) is 4.98 Å². The third-order valence-electron chi connectivity index (χ3n) is 2.58. The molecule has 2 rings (SSSR count). The summed E-state index contributed by atoms with van der Waals surface area (Å²) < 4.78 is 5.79. The van der Waals surface area contributed by atoms with Crippen LogP contribution in [0.15, 0.2) is 29.9 Å². The van der Waals surface area contributed by atoms with Crippen molar-refractivity contribution in [3.05, 3.63) is 51.4 Å². The van der Waals surface area contributed by atoms with Crippen molar-refractivity contribution in [2.45, 2.75) is 32.8 Å². The van der Waals surface area contributed by atoms with Crippen LogP contribution < -0.4 is 4.73 Å². The van der Waals surface area contributed by atoms with Crippen LogP contribution in [0.1, 0.15) is 41.8 Å². The Morgan fingerprint density at radius 2 is 2.05 bits per heavy atom. The molecule has 106 valence electrons. The predicted molar refractivity (Wildman–Crippen MR) is 75.3 cm³/mol. The molecule has 20 heavy (non-hydrogen) atoms. The molecule has 0 unspecified atom stereocenters. The molecule has 0 fully saturated rings. The lowest BCUT2D eigenvalue weighted by molar-refractivity contribution is -0.605. The van der Waals surface area contributed by atoms with Crippen molar-refractivity contribution in [3.8, 4) is 0 Å². The Balaban J connectivity index is 1.97. The average Bonchev–Trinajstić information content (AvgIpc) is 2.85. The summed E-state index contributed by atoms with van der Waals surface area (Å²) in [5.41, 5.74) is 1.08. The van der Waals surface area contributed by atoms with Gasteiger partial charge in [0.15, 0.2) is 12.4 Å². The van der Waals surface area contributed by atoms with E-state index in [1.54, 1.807) is 11.3 Å². The molecule has 0 saturated heterocycles. The summed E-state index contributed by atoms with van der Waals surface area (Å²) in [7, 11) is 0. The van der Waals surface area contributed by atoms with Crippen LogP contribution in [-0.4, -0.2) is 11.0 Å². The highest BCUT2D eigenvalue weighted by Crippen LogP contribution is 2.25. The fraction of sp³-hybridized carbons (Fsp3) is 0.357. The zero-order chi connectivity index (χ0) is 14.8. The van der Waals surface area contributed by atoms with Crippen molar-refractivity contribution in [3.63, 3.8) is 0 Å². The number of thiazole rings is 1. The zero-order valence-corrected chi connectivity index (χ0v) is 12.4. The summed E-state index contributed by atoms with van der Waals surface area (Å²) in [5, 5.41) is 13.8. The number of ether oxygens (including phenoxy) is 1. The molecule has 2 aromatic rings.